The van der Waals surface area contributed by atoms with Gasteiger partial charge in [-0.1, -0.05) is 182 Å². The van der Waals surface area contributed by atoms with Crippen LogP contribution in [-0.2, 0) is 101 Å². The summed E-state index contributed by atoms with van der Waals surface area (Å²) in [7, 11) is 1.68. The number of aliphatic imine (C=N–C) groups is 1. The zero-order valence-electron chi connectivity index (χ0n) is 63.3. The SMILES string of the molecule is CCO.CCOC=NC.C[C@@H](OC[C@@]1(c2ccccc2)CC[C@@](COCc2ccccc2)(n2cn[nH]c2=O)CN1C(=O)OCc1ccccc1)c1cc(C(F)(F)F)cc(C(F)(F)F)c1.C[C@@H](OC[C@@]1(c2ccccc2)CC[C@](N)(COCc2ccccc2)CN1C(=O)OCc1ccccc1)c1cc(C(F)(F)F)cc(C(F)(F)F)c1. The maximum Gasteiger partial charge on any atom is 0.416 e. The highest BCUT2D eigenvalue weighted by molar-refractivity contribution is 5.71. The quantitative estimate of drug-likeness (QED) is 0.0276. The Kier molecular flexibility index (Phi) is 31.7. The summed E-state index contributed by atoms with van der Waals surface area (Å²) in [5.41, 5.74) is -0.561. The number of nitrogens with two attached hydrogens (primary N) is 1. The average Bonchev–Trinajstić information content (AvgIpc) is 1.11. The molecule has 0 bridgehead atoms. The molecule has 30 heteroatoms. The number of H-pyrrole nitrogens is 1. The van der Waals surface area contributed by atoms with Crippen molar-refractivity contribution in [3.05, 3.63) is 302 Å². The number of hydrogen-bond donors (Lipinski definition) is 3. The van der Waals surface area contributed by atoms with E-state index in [1.54, 1.807) is 123 Å². The number of ether oxygens (including phenoxy) is 7. The minimum absolute atomic E-state index is 0.0379. The number of nitrogens with zero attached hydrogens (tertiary/aromatic N) is 5. The van der Waals surface area contributed by atoms with E-state index in [0.717, 1.165) is 16.7 Å². The summed E-state index contributed by atoms with van der Waals surface area (Å²) >= 11 is 0. The number of piperidine rings is 2. The highest BCUT2D eigenvalue weighted by atomic mass is 19.4. The van der Waals surface area contributed by atoms with Gasteiger partial charge in [0.05, 0.1) is 109 Å². The van der Waals surface area contributed by atoms with Gasteiger partial charge in [0, 0.05) is 20.2 Å². The van der Waals surface area contributed by atoms with Crippen molar-refractivity contribution in [3.8, 4) is 0 Å². The van der Waals surface area contributed by atoms with Gasteiger partial charge < -0.3 is 44.0 Å². The molecule has 8 aromatic carbocycles. The first-order chi connectivity index (χ1) is 54.2. The largest absolute Gasteiger partial charge is 0.484 e. The molecule has 1 aromatic heterocycles. The molecule has 2 fully saturated rings. The third-order valence-electron chi connectivity index (χ3n) is 19.2. The third-order valence-corrected chi connectivity index (χ3v) is 19.2. The van der Waals surface area contributed by atoms with Crippen molar-refractivity contribution in [1.82, 2.24) is 24.6 Å². The molecule has 2 aliphatic rings. The van der Waals surface area contributed by atoms with Crippen LogP contribution in [0.3, 0.4) is 0 Å². The predicted octanol–water partition coefficient (Wildman–Crippen LogP) is 18.4. The number of rotatable bonds is 25. The molecule has 612 valence electrons. The molecule has 0 spiro atoms. The zero-order chi connectivity index (χ0) is 82.8. The van der Waals surface area contributed by atoms with Gasteiger partial charge in [0.2, 0.25) is 0 Å². The second kappa shape index (κ2) is 40.6. The van der Waals surface area contributed by atoms with Crippen LogP contribution in [-0.4, -0.2) is 114 Å². The number of halogens is 12. The fourth-order valence-electron chi connectivity index (χ4n) is 13.1. The number of aromatic nitrogens is 3. The van der Waals surface area contributed by atoms with Gasteiger partial charge in [-0.05, 0) is 134 Å². The first kappa shape index (κ1) is 89.2. The molecule has 0 radical (unpaired) electrons. The summed E-state index contributed by atoms with van der Waals surface area (Å²) in [5.74, 6) is 0. The number of aliphatic hydroxyl groups is 1. The Balaban J connectivity index is 0.000000259. The van der Waals surface area contributed by atoms with Crippen molar-refractivity contribution in [1.29, 1.82) is 0 Å². The normalized spacial score (nSPS) is 19.0. The lowest BCUT2D eigenvalue weighted by molar-refractivity contribution is -0.145. The van der Waals surface area contributed by atoms with Crippen LogP contribution in [0.5, 0.6) is 0 Å². The van der Waals surface area contributed by atoms with E-state index in [1.807, 2.05) is 79.7 Å². The van der Waals surface area contributed by atoms with Crippen LogP contribution in [0.25, 0.3) is 0 Å². The molecule has 0 unspecified atom stereocenters. The van der Waals surface area contributed by atoms with Gasteiger partial charge in [-0.25, -0.2) is 19.5 Å². The van der Waals surface area contributed by atoms with Gasteiger partial charge in [-0.3, -0.25) is 19.4 Å². The van der Waals surface area contributed by atoms with Crippen LogP contribution in [0.15, 0.2) is 235 Å². The molecule has 114 heavy (non-hydrogen) atoms. The first-order valence-corrected chi connectivity index (χ1v) is 36.4. The maximum absolute atomic E-state index is 14.5. The van der Waals surface area contributed by atoms with Crippen molar-refractivity contribution in [2.24, 2.45) is 10.7 Å². The number of aliphatic hydroxyl groups excluding tert-OH is 1. The van der Waals surface area contributed by atoms with Gasteiger partial charge in [0.15, 0.2) is 6.40 Å². The summed E-state index contributed by atoms with van der Waals surface area (Å²) in [6.45, 7) is 6.78. The molecule has 11 rings (SSSR count). The van der Waals surface area contributed by atoms with Crippen LogP contribution in [0.1, 0.15) is 132 Å². The van der Waals surface area contributed by atoms with Crippen LogP contribution in [0.2, 0.25) is 0 Å². The molecular formula is C84H91F12N7O11. The minimum atomic E-state index is -5.05. The number of likely N-dealkylation sites (tertiary alicyclic amines) is 2. The van der Waals surface area contributed by atoms with E-state index in [-0.39, 0.29) is 108 Å². The number of amides is 2. The Morgan fingerprint density at radius 3 is 1.18 bits per heavy atom. The van der Waals surface area contributed by atoms with Gasteiger partial charge in [0.25, 0.3) is 0 Å². The Labute approximate surface area is 652 Å². The number of hydrogen-bond acceptors (Lipinski definition) is 14. The predicted molar refractivity (Wildman–Crippen MR) is 402 cm³/mol. The fraction of sp³-hybridized carbons (Fsp3) is 0.369. The van der Waals surface area contributed by atoms with E-state index in [4.69, 9.17) is 44.0 Å². The van der Waals surface area contributed by atoms with Crippen LogP contribution < -0.4 is 11.4 Å². The lowest BCUT2D eigenvalue weighted by Gasteiger charge is -2.53. The lowest BCUT2D eigenvalue weighted by atomic mass is 9.74. The first-order valence-electron chi connectivity index (χ1n) is 36.4. The number of alkyl halides is 12. The molecule has 2 saturated heterocycles. The second-order valence-electron chi connectivity index (χ2n) is 27.3. The Hall–Kier alpha value is -10.4. The summed E-state index contributed by atoms with van der Waals surface area (Å²) < 4.78 is 207. The number of benzene rings is 8. The zero-order valence-corrected chi connectivity index (χ0v) is 63.3. The number of nitrogens with one attached hydrogen (secondary N) is 1. The highest BCUT2D eigenvalue weighted by Crippen LogP contribution is 2.48. The molecule has 0 saturated carbocycles. The average molecular weight is 1600 g/mol. The number of carbonyl (C=O) groups excluding carboxylic acids is 2. The number of carbonyl (C=O) groups is 2. The Morgan fingerprint density at radius 1 is 0.509 bits per heavy atom. The van der Waals surface area contributed by atoms with E-state index in [9.17, 15) is 67.1 Å². The third kappa shape index (κ3) is 24.6. The fourth-order valence-corrected chi connectivity index (χ4v) is 13.1. The Morgan fingerprint density at radius 2 is 0.851 bits per heavy atom. The van der Waals surface area contributed by atoms with Crippen LogP contribution >= 0.6 is 0 Å². The topological polar surface area (TPSA) is 215 Å². The molecule has 2 aliphatic heterocycles. The molecule has 2 amide bonds. The van der Waals surface area contributed by atoms with Crippen LogP contribution in [0.4, 0.5) is 62.3 Å². The molecule has 18 nitrogen and oxygen atoms in total. The van der Waals surface area contributed by atoms with E-state index in [2.05, 4.69) is 15.2 Å². The van der Waals surface area contributed by atoms with Crippen molar-refractivity contribution in [2.45, 2.75) is 139 Å². The summed E-state index contributed by atoms with van der Waals surface area (Å²) in [6, 6.07) is 57.1. The minimum Gasteiger partial charge on any atom is -0.484 e. The highest BCUT2D eigenvalue weighted by Gasteiger charge is 2.55. The van der Waals surface area contributed by atoms with E-state index in [0.29, 0.717) is 60.6 Å². The molecular weight excluding hydrogens is 1510 g/mol. The van der Waals surface area contributed by atoms with Crippen molar-refractivity contribution in [2.75, 3.05) is 59.8 Å². The van der Waals surface area contributed by atoms with Crippen molar-refractivity contribution in [3.63, 3.8) is 0 Å². The van der Waals surface area contributed by atoms with Crippen LogP contribution in [0, 0.1) is 0 Å². The van der Waals surface area contributed by atoms with Crippen molar-refractivity contribution >= 4 is 18.6 Å². The monoisotopic (exact) mass is 1600 g/mol. The maximum atomic E-state index is 14.5. The van der Waals surface area contributed by atoms with E-state index < -0.39 is 99.2 Å². The van der Waals surface area contributed by atoms with E-state index in [1.165, 1.54) is 40.9 Å². The Bertz CT molecular complexity index is 4450. The molecule has 3 heterocycles. The molecule has 4 N–H and O–H groups in total. The van der Waals surface area contributed by atoms with Gasteiger partial charge >= 0.3 is 42.6 Å². The number of aromatic amines is 1. The smallest absolute Gasteiger partial charge is 0.416 e. The molecule has 9 aromatic rings. The van der Waals surface area contributed by atoms with Gasteiger partial charge in [0.1, 0.15) is 19.5 Å². The van der Waals surface area contributed by atoms with Gasteiger partial charge in [-0.2, -0.15) is 57.8 Å². The van der Waals surface area contributed by atoms with E-state index >= 15 is 0 Å². The summed E-state index contributed by atoms with van der Waals surface area (Å²) in [4.78, 5) is 48.2. The standard InChI is InChI=1S/C40H38F6N4O5.C38H38F6N2O4.C4H9NO.C2H6O/c1-28(31-19-33(39(41,42)43)21-34(20-31)40(44,45)46)55-26-38(32-15-9-4-10-16-32)18-17-37(50-27-47-48-35(50)51,25-53-22-29-11-5-2-6-12-29)24-49(38)36(52)54-23-30-13-7-3-8-14-30;1-27(30-19-32(37(39,40)41)21-33(20-30)38(42,43)44)50-26-36(31-15-9-4-10-16-31)18-17-35(45,25-48-22-28-11-5-2-6-12-28)24-46(36)34(47)49-23-29-13-7-3-8-14-29;1-3-6-4-5-2;1-2-3/h2-16,19-21,27-28H,17-18,22-26H2,1H3,(H,48,51);2-16,19-21,27H,17-18,22-26,45H2,1H3;4H,3H2,1-2H3;3H,2H2,1H3/t28-,37-,38-;27-,35-,36-;;/m11../s1. The molecule has 6 atom stereocenters. The lowest BCUT2D eigenvalue weighted by Crippen LogP contribution is -2.66. The molecule has 0 aliphatic carbocycles. The van der Waals surface area contributed by atoms with Gasteiger partial charge in [-0.15, -0.1) is 0 Å². The van der Waals surface area contributed by atoms with Crippen molar-refractivity contribution < 1.29 is 101 Å². The summed E-state index contributed by atoms with van der Waals surface area (Å²) in [5, 5.41) is 13.9. The summed E-state index contributed by atoms with van der Waals surface area (Å²) in [6.07, 6.45) is -20.5. The second-order valence-corrected chi connectivity index (χ2v) is 27.3.